The number of hydrogen-bond donors (Lipinski definition) is 2. The van der Waals surface area contributed by atoms with Gasteiger partial charge < -0.3 is 15.8 Å². The molecule has 3 N–H and O–H groups in total. The second-order valence-electron chi connectivity index (χ2n) is 11.2. The van der Waals surface area contributed by atoms with Gasteiger partial charge in [-0.3, -0.25) is 14.1 Å². The third-order valence-corrected chi connectivity index (χ3v) is 7.39. The SMILES string of the molecule is CC(C)(C)OC(=O)N1C2CCC(C2)C1c1nc(-c2ccc(C(=O)Nc3ccccn3)cc2)c2c(N)nccn12. The first-order chi connectivity index (χ1) is 18.7. The fourth-order valence-corrected chi connectivity index (χ4v) is 5.80. The molecule has 2 bridgehead atoms. The van der Waals surface area contributed by atoms with E-state index in [0.717, 1.165) is 30.7 Å². The van der Waals surface area contributed by atoms with Crippen LogP contribution in [0.5, 0.6) is 0 Å². The number of carbonyl (C=O) groups is 2. The van der Waals surface area contributed by atoms with Crippen LogP contribution in [0.25, 0.3) is 16.8 Å². The van der Waals surface area contributed by atoms with Crippen molar-refractivity contribution in [2.45, 2.75) is 57.7 Å². The summed E-state index contributed by atoms with van der Waals surface area (Å²) in [6.07, 6.45) is 7.71. The molecule has 39 heavy (non-hydrogen) atoms. The Balaban J connectivity index is 1.37. The van der Waals surface area contributed by atoms with E-state index in [4.69, 9.17) is 15.5 Å². The number of rotatable bonds is 4. The standard InChI is InChI=1S/C29H31N7O3/c1-29(2,3)39-28(38)36-20-12-11-19(16-20)23(36)26-34-22(24-25(30)32-14-15-35(24)26)17-7-9-18(10-8-17)27(37)33-21-6-4-5-13-31-21/h4-10,13-15,19-20,23H,11-12,16H2,1-3H3,(H2,30,32)(H,31,33,37). The Labute approximate surface area is 226 Å². The molecular formula is C29H31N7O3. The Hall–Kier alpha value is -4.47. The molecule has 1 aromatic carbocycles. The zero-order valence-corrected chi connectivity index (χ0v) is 22.2. The van der Waals surface area contributed by atoms with Crippen molar-refractivity contribution in [1.29, 1.82) is 0 Å². The van der Waals surface area contributed by atoms with Gasteiger partial charge in [-0.25, -0.2) is 19.7 Å². The summed E-state index contributed by atoms with van der Waals surface area (Å²) in [5.74, 6) is 1.59. The van der Waals surface area contributed by atoms with Crippen molar-refractivity contribution in [1.82, 2.24) is 24.3 Å². The molecule has 1 aliphatic heterocycles. The number of nitrogens with one attached hydrogen (secondary N) is 1. The van der Waals surface area contributed by atoms with Gasteiger partial charge in [0.1, 0.15) is 34.3 Å². The van der Waals surface area contributed by atoms with E-state index in [0.29, 0.717) is 28.4 Å². The number of carbonyl (C=O) groups excluding carboxylic acids is 2. The monoisotopic (exact) mass is 525 g/mol. The smallest absolute Gasteiger partial charge is 0.411 e. The molecule has 4 aromatic rings. The van der Waals surface area contributed by atoms with Crippen LogP contribution in [0.2, 0.25) is 0 Å². The number of likely N-dealkylation sites (tertiary alicyclic amines) is 1. The number of nitrogen functional groups attached to an aromatic ring is 1. The molecule has 6 rings (SSSR count). The summed E-state index contributed by atoms with van der Waals surface area (Å²) in [4.78, 5) is 41.5. The average Bonchev–Trinajstić information content (AvgIpc) is 3.62. The van der Waals surface area contributed by atoms with Crippen molar-refractivity contribution < 1.29 is 14.3 Å². The van der Waals surface area contributed by atoms with Crippen molar-refractivity contribution in [3.8, 4) is 11.3 Å². The molecule has 3 unspecified atom stereocenters. The van der Waals surface area contributed by atoms with Gasteiger partial charge in [0.15, 0.2) is 0 Å². The van der Waals surface area contributed by atoms with Gasteiger partial charge in [0.2, 0.25) is 0 Å². The number of piperidine rings is 1. The van der Waals surface area contributed by atoms with E-state index in [1.165, 1.54) is 0 Å². The van der Waals surface area contributed by atoms with Gasteiger partial charge in [-0.05, 0) is 70.2 Å². The lowest BCUT2D eigenvalue weighted by atomic mass is 9.98. The number of nitrogens with zero attached hydrogens (tertiary/aromatic N) is 5. The first-order valence-electron chi connectivity index (χ1n) is 13.2. The second-order valence-corrected chi connectivity index (χ2v) is 11.2. The van der Waals surface area contributed by atoms with Crippen LogP contribution in [0, 0.1) is 5.92 Å². The Bertz CT molecular complexity index is 1540. The Kier molecular flexibility index (Phi) is 5.97. The lowest BCUT2D eigenvalue weighted by Crippen LogP contribution is -2.43. The molecule has 4 heterocycles. The number of fused-ring (bicyclic) bond motifs is 3. The molecule has 0 spiro atoms. The summed E-state index contributed by atoms with van der Waals surface area (Å²) in [6.45, 7) is 5.64. The summed E-state index contributed by atoms with van der Waals surface area (Å²) in [7, 11) is 0. The number of benzene rings is 1. The van der Waals surface area contributed by atoms with Crippen LogP contribution in [0.1, 0.15) is 62.3 Å². The lowest BCUT2D eigenvalue weighted by molar-refractivity contribution is 0.00604. The first-order valence-corrected chi connectivity index (χ1v) is 13.2. The van der Waals surface area contributed by atoms with Crippen LogP contribution in [0.4, 0.5) is 16.4 Å². The number of aromatic nitrogens is 4. The van der Waals surface area contributed by atoms with E-state index in [9.17, 15) is 9.59 Å². The third-order valence-electron chi connectivity index (χ3n) is 7.39. The molecule has 1 saturated carbocycles. The van der Waals surface area contributed by atoms with Gasteiger partial charge in [0, 0.05) is 35.8 Å². The predicted octanol–water partition coefficient (Wildman–Crippen LogP) is 5.09. The predicted molar refractivity (Wildman–Crippen MR) is 147 cm³/mol. The van der Waals surface area contributed by atoms with Gasteiger partial charge >= 0.3 is 6.09 Å². The number of hydrogen-bond acceptors (Lipinski definition) is 7. The summed E-state index contributed by atoms with van der Waals surface area (Å²) in [5.41, 5.74) is 8.39. The summed E-state index contributed by atoms with van der Waals surface area (Å²) in [6, 6.07) is 12.4. The van der Waals surface area contributed by atoms with Crippen LogP contribution in [0.15, 0.2) is 61.1 Å². The number of imidazole rings is 1. The topological polar surface area (TPSA) is 128 Å². The lowest BCUT2D eigenvalue weighted by Gasteiger charge is -2.35. The van der Waals surface area contributed by atoms with E-state index in [2.05, 4.69) is 15.3 Å². The zero-order valence-electron chi connectivity index (χ0n) is 22.2. The third kappa shape index (κ3) is 4.56. The molecule has 2 aliphatic rings. The Morgan fingerprint density at radius 1 is 1.05 bits per heavy atom. The summed E-state index contributed by atoms with van der Waals surface area (Å²) >= 11 is 0. The normalized spacial score (nSPS) is 20.4. The molecule has 1 saturated heterocycles. The number of anilines is 2. The highest BCUT2D eigenvalue weighted by Crippen LogP contribution is 2.51. The molecule has 10 heteroatoms. The number of pyridine rings is 1. The van der Waals surface area contributed by atoms with Gasteiger partial charge in [-0.15, -0.1) is 0 Å². The Morgan fingerprint density at radius 3 is 2.56 bits per heavy atom. The maximum atomic E-state index is 13.3. The van der Waals surface area contributed by atoms with Crippen molar-refractivity contribution in [2.75, 3.05) is 11.1 Å². The van der Waals surface area contributed by atoms with Crippen molar-refractivity contribution >= 4 is 29.2 Å². The van der Waals surface area contributed by atoms with E-state index in [1.54, 1.807) is 36.7 Å². The molecule has 0 radical (unpaired) electrons. The van der Waals surface area contributed by atoms with Crippen molar-refractivity contribution in [3.63, 3.8) is 0 Å². The van der Waals surface area contributed by atoms with E-state index in [1.807, 2.05) is 54.5 Å². The largest absolute Gasteiger partial charge is 0.444 e. The van der Waals surface area contributed by atoms with Gasteiger partial charge in [-0.2, -0.15) is 0 Å². The summed E-state index contributed by atoms with van der Waals surface area (Å²) in [5, 5.41) is 2.80. The first kappa shape index (κ1) is 24.8. The molecule has 3 aromatic heterocycles. The quantitative estimate of drug-likeness (QED) is 0.380. The minimum atomic E-state index is -0.595. The molecule has 200 valence electrons. The van der Waals surface area contributed by atoms with E-state index < -0.39 is 5.60 Å². The second kappa shape index (κ2) is 9.37. The van der Waals surface area contributed by atoms with Gasteiger partial charge in [0.25, 0.3) is 5.91 Å². The highest BCUT2D eigenvalue weighted by atomic mass is 16.6. The van der Waals surface area contributed by atoms with Crippen LogP contribution < -0.4 is 11.1 Å². The molecule has 2 amide bonds. The molecule has 1 aliphatic carbocycles. The Morgan fingerprint density at radius 2 is 1.85 bits per heavy atom. The maximum absolute atomic E-state index is 13.3. The average molecular weight is 526 g/mol. The van der Waals surface area contributed by atoms with Gasteiger partial charge in [-0.1, -0.05) is 18.2 Å². The number of amides is 2. The number of nitrogens with two attached hydrogens (primary N) is 1. The van der Waals surface area contributed by atoms with Crippen molar-refractivity contribution in [3.05, 3.63) is 72.4 Å². The minimum Gasteiger partial charge on any atom is -0.444 e. The van der Waals surface area contributed by atoms with E-state index in [-0.39, 0.29) is 30.0 Å². The van der Waals surface area contributed by atoms with Crippen molar-refractivity contribution in [2.24, 2.45) is 5.92 Å². The van der Waals surface area contributed by atoms with Crippen LogP contribution in [0.3, 0.4) is 0 Å². The fraction of sp³-hybridized carbons (Fsp3) is 0.345. The molecule has 10 nitrogen and oxygen atoms in total. The summed E-state index contributed by atoms with van der Waals surface area (Å²) < 4.78 is 7.75. The highest BCUT2D eigenvalue weighted by molar-refractivity contribution is 6.04. The molecular weight excluding hydrogens is 494 g/mol. The highest BCUT2D eigenvalue weighted by Gasteiger charge is 2.51. The van der Waals surface area contributed by atoms with Crippen LogP contribution in [-0.2, 0) is 4.74 Å². The van der Waals surface area contributed by atoms with E-state index >= 15 is 0 Å². The van der Waals surface area contributed by atoms with Gasteiger partial charge in [0.05, 0.1) is 6.04 Å². The fourth-order valence-electron chi connectivity index (χ4n) is 5.80. The zero-order chi connectivity index (χ0) is 27.3. The van der Waals surface area contributed by atoms with Crippen LogP contribution in [-0.4, -0.2) is 47.9 Å². The molecule has 2 fully saturated rings. The minimum absolute atomic E-state index is 0.127. The number of ether oxygens (including phenoxy) is 1. The molecule has 3 atom stereocenters. The van der Waals surface area contributed by atoms with Crippen LogP contribution >= 0.6 is 0 Å². The maximum Gasteiger partial charge on any atom is 0.411 e.